The lowest BCUT2D eigenvalue weighted by molar-refractivity contribution is 0.0368. The molecule has 0 aliphatic heterocycles. The van der Waals surface area contributed by atoms with Gasteiger partial charge in [-0.05, 0) is 31.4 Å². The van der Waals surface area contributed by atoms with Crippen molar-refractivity contribution in [2.24, 2.45) is 5.92 Å². The molecule has 5 heteroatoms. The van der Waals surface area contributed by atoms with Crippen molar-refractivity contribution in [1.82, 2.24) is 5.32 Å². The third-order valence-corrected chi connectivity index (χ3v) is 3.17. The van der Waals surface area contributed by atoms with E-state index >= 15 is 0 Å². The molecule has 0 spiro atoms. The van der Waals surface area contributed by atoms with Crippen molar-refractivity contribution in [1.29, 1.82) is 0 Å². The van der Waals surface area contributed by atoms with Crippen molar-refractivity contribution in [3.8, 4) is 0 Å². The summed E-state index contributed by atoms with van der Waals surface area (Å²) in [5, 5.41) is 13.1. The van der Waals surface area contributed by atoms with E-state index in [2.05, 4.69) is 5.32 Å². The second-order valence-electron chi connectivity index (χ2n) is 5.49. The van der Waals surface area contributed by atoms with E-state index in [0.717, 1.165) is 0 Å². The first-order valence-electron chi connectivity index (χ1n) is 6.27. The molecule has 1 aromatic carbocycles. The fourth-order valence-electron chi connectivity index (χ4n) is 2.04. The Balaban J connectivity index is 2.68. The highest BCUT2D eigenvalue weighted by Gasteiger charge is 2.23. The maximum Gasteiger partial charge on any atom is 0.252 e. The number of nitrogen functional groups attached to an aromatic ring is 1. The Bertz CT molecular complexity index is 459. The zero-order chi connectivity index (χ0) is 14.6. The van der Waals surface area contributed by atoms with Gasteiger partial charge in [0.1, 0.15) is 0 Å². The van der Waals surface area contributed by atoms with Gasteiger partial charge in [-0.1, -0.05) is 31.5 Å². The zero-order valence-corrected chi connectivity index (χ0v) is 12.3. The number of carbonyl (C=O) groups excluding carboxylic acids is 1. The molecule has 0 radical (unpaired) electrons. The van der Waals surface area contributed by atoms with Crippen LogP contribution >= 0.6 is 11.6 Å². The highest BCUT2D eigenvalue weighted by Crippen LogP contribution is 2.23. The normalized spacial score (nSPS) is 14.2. The molecule has 19 heavy (non-hydrogen) atoms. The fourth-order valence-corrected chi connectivity index (χ4v) is 2.25. The summed E-state index contributed by atoms with van der Waals surface area (Å²) in [7, 11) is 0. The molecule has 0 saturated carbocycles. The van der Waals surface area contributed by atoms with Gasteiger partial charge in [-0.25, -0.2) is 0 Å². The summed E-state index contributed by atoms with van der Waals surface area (Å²) in [6, 6.07) is 4.90. The number of halogens is 1. The summed E-state index contributed by atoms with van der Waals surface area (Å²) in [5.41, 5.74) is 5.40. The molecule has 0 aliphatic carbocycles. The molecule has 0 heterocycles. The highest BCUT2D eigenvalue weighted by atomic mass is 35.5. The second-order valence-corrected chi connectivity index (χ2v) is 5.86. The zero-order valence-electron chi connectivity index (χ0n) is 11.5. The minimum absolute atomic E-state index is 0.176. The first-order valence-corrected chi connectivity index (χ1v) is 6.65. The van der Waals surface area contributed by atoms with E-state index in [-0.39, 0.29) is 17.5 Å². The summed E-state index contributed by atoms with van der Waals surface area (Å²) in [6.45, 7) is 5.92. The lowest BCUT2D eigenvalue weighted by Gasteiger charge is -2.25. The Morgan fingerprint density at radius 2 is 2.16 bits per heavy atom. The lowest BCUT2D eigenvalue weighted by atomic mass is 9.94. The molecule has 0 aromatic heterocycles. The van der Waals surface area contributed by atoms with Crippen LogP contribution in [-0.2, 0) is 0 Å². The number of amides is 1. The molecule has 0 saturated heterocycles. The summed E-state index contributed by atoms with van der Waals surface area (Å²) in [6.07, 6.45) is 0.609. The maximum absolute atomic E-state index is 12.0. The smallest absolute Gasteiger partial charge is 0.252 e. The Kier molecular flexibility index (Phi) is 5.20. The molecule has 0 bridgehead atoms. The van der Waals surface area contributed by atoms with Gasteiger partial charge in [-0.15, -0.1) is 0 Å². The summed E-state index contributed by atoms with van der Waals surface area (Å²) < 4.78 is 0. The Morgan fingerprint density at radius 3 is 2.74 bits per heavy atom. The van der Waals surface area contributed by atoms with Gasteiger partial charge in [0.15, 0.2) is 0 Å². The van der Waals surface area contributed by atoms with E-state index in [1.54, 1.807) is 25.1 Å². The monoisotopic (exact) mass is 284 g/mol. The lowest BCUT2D eigenvalue weighted by Crippen LogP contribution is -2.41. The van der Waals surface area contributed by atoms with Crippen LogP contribution in [0, 0.1) is 5.92 Å². The molecule has 0 fully saturated rings. The molecular weight excluding hydrogens is 264 g/mol. The van der Waals surface area contributed by atoms with Gasteiger partial charge >= 0.3 is 0 Å². The molecular formula is C14H21ClN2O2. The van der Waals surface area contributed by atoms with Crippen LogP contribution in [0.25, 0.3) is 0 Å². The van der Waals surface area contributed by atoms with Crippen LogP contribution in [0.1, 0.15) is 37.6 Å². The Morgan fingerprint density at radius 1 is 1.53 bits per heavy atom. The average molecular weight is 285 g/mol. The van der Waals surface area contributed by atoms with Gasteiger partial charge in [-0.2, -0.15) is 0 Å². The van der Waals surface area contributed by atoms with E-state index in [1.807, 2.05) is 13.8 Å². The number of hydrogen-bond donors (Lipinski definition) is 3. The Labute approximate surface area is 118 Å². The van der Waals surface area contributed by atoms with E-state index in [0.29, 0.717) is 23.6 Å². The maximum atomic E-state index is 12.0. The van der Waals surface area contributed by atoms with Crippen molar-refractivity contribution in [2.45, 2.75) is 32.8 Å². The van der Waals surface area contributed by atoms with Crippen molar-refractivity contribution in [2.75, 3.05) is 12.3 Å². The minimum Gasteiger partial charge on any atom is -0.398 e. The molecule has 1 unspecified atom stereocenters. The van der Waals surface area contributed by atoms with Gasteiger partial charge in [0.05, 0.1) is 21.9 Å². The number of carbonyl (C=O) groups is 1. The summed E-state index contributed by atoms with van der Waals surface area (Å²) in [5.74, 6) is 0.0178. The number of nitrogens with two attached hydrogens (primary N) is 1. The number of benzene rings is 1. The second kappa shape index (κ2) is 6.26. The van der Waals surface area contributed by atoms with Crippen LogP contribution in [0.3, 0.4) is 0 Å². The average Bonchev–Trinajstić information content (AvgIpc) is 2.28. The molecule has 1 amide bonds. The van der Waals surface area contributed by atoms with Gasteiger partial charge in [0.25, 0.3) is 5.91 Å². The number of rotatable bonds is 5. The highest BCUT2D eigenvalue weighted by molar-refractivity contribution is 6.36. The third kappa shape index (κ3) is 4.73. The van der Waals surface area contributed by atoms with Crippen LogP contribution < -0.4 is 11.1 Å². The van der Waals surface area contributed by atoms with Crippen LogP contribution in [0.5, 0.6) is 0 Å². The van der Waals surface area contributed by atoms with E-state index in [4.69, 9.17) is 17.3 Å². The van der Waals surface area contributed by atoms with Crippen LogP contribution in [0.4, 0.5) is 5.69 Å². The molecule has 0 aliphatic rings. The molecule has 106 valence electrons. The first-order chi connectivity index (χ1) is 8.73. The number of anilines is 1. The number of hydrogen-bond acceptors (Lipinski definition) is 3. The first kappa shape index (κ1) is 15.8. The van der Waals surface area contributed by atoms with E-state index in [9.17, 15) is 9.90 Å². The largest absolute Gasteiger partial charge is 0.398 e. The van der Waals surface area contributed by atoms with Crippen molar-refractivity contribution < 1.29 is 9.90 Å². The quantitative estimate of drug-likeness (QED) is 0.727. The van der Waals surface area contributed by atoms with Gasteiger partial charge in [0, 0.05) is 6.54 Å². The number of nitrogens with one attached hydrogen (secondary N) is 1. The summed E-state index contributed by atoms with van der Waals surface area (Å²) in [4.78, 5) is 12.0. The van der Waals surface area contributed by atoms with Crippen molar-refractivity contribution in [3.63, 3.8) is 0 Å². The van der Waals surface area contributed by atoms with Gasteiger partial charge < -0.3 is 16.2 Å². The van der Waals surface area contributed by atoms with Gasteiger partial charge in [-0.3, -0.25) is 4.79 Å². The Hall–Kier alpha value is -1.26. The van der Waals surface area contributed by atoms with Crippen LogP contribution in [0.15, 0.2) is 18.2 Å². The SMILES string of the molecule is CC(C)CC(C)(O)CNC(=O)c1cccc(N)c1Cl. The van der Waals surface area contributed by atoms with Crippen LogP contribution in [0.2, 0.25) is 5.02 Å². The number of aliphatic hydroxyl groups is 1. The van der Waals surface area contributed by atoms with E-state index < -0.39 is 5.60 Å². The minimum atomic E-state index is -0.934. The molecule has 1 atom stereocenters. The third-order valence-electron chi connectivity index (χ3n) is 2.75. The van der Waals surface area contributed by atoms with Crippen LogP contribution in [-0.4, -0.2) is 23.2 Å². The predicted molar refractivity (Wildman–Crippen MR) is 78.3 cm³/mol. The van der Waals surface area contributed by atoms with Crippen molar-refractivity contribution in [3.05, 3.63) is 28.8 Å². The summed E-state index contributed by atoms with van der Waals surface area (Å²) >= 11 is 5.97. The standard InChI is InChI=1S/C14H21ClN2O2/c1-9(2)7-14(3,19)8-17-13(18)10-5-4-6-11(16)12(10)15/h4-6,9,19H,7-8,16H2,1-3H3,(H,17,18). The van der Waals surface area contributed by atoms with E-state index in [1.165, 1.54) is 0 Å². The molecule has 4 nitrogen and oxygen atoms in total. The predicted octanol–water partition coefficient (Wildman–Crippen LogP) is 2.45. The fraction of sp³-hybridized carbons (Fsp3) is 0.500. The van der Waals surface area contributed by atoms with Gasteiger partial charge in [0.2, 0.25) is 0 Å². The molecule has 1 aromatic rings. The molecule has 4 N–H and O–H groups in total. The topological polar surface area (TPSA) is 75.3 Å². The molecule has 1 rings (SSSR count). The van der Waals surface area contributed by atoms with Crippen molar-refractivity contribution >= 4 is 23.2 Å².